The molecule has 0 fully saturated rings. The number of unbranched alkanes of at least 4 members (excludes halogenated alkanes) is 9. The molecule has 0 aromatic heterocycles. The smallest absolute Gasteiger partial charge is 0.748 e. The number of aliphatic hydroxyl groups is 1. The van der Waals surface area contributed by atoms with E-state index in [9.17, 15) is 18.1 Å². The molecule has 2 atom stereocenters. The number of rotatable bonds is 14. The quantitative estimate of drug-likeness (QED) is 0.285. The molecular weight excluding hydrogens is 327 g/mol. The van der Waals surface area contributed by atoms with E-state index in [0.717, 1.165) is 19.3 Å². The Hall–Kier alpha value is 1.51. The Morgan fingerprint density at radius 2 is 1.27 bits per heavy atom. The van der Waals surface area contributed by atoms with Crippen molar-refractivity contribution in [3.8, 4) is 0 Å². The molecule has 0 radical (unpaired) electrons. The van der Waals surface area contributed by atoms with Crippen molar-refractivity contribution in [3.05, 3.63) is 0 Å². The van der Waals surface area contributed by atoms with Crippen molar-refractivity contribution in [1.29, 1.82) is 0 Å². The molecule has 1 N–H and O–H groups in total. The van der Waals surface area contributed by atoms with Crippen molar-refractivity contribution in [2.45, 2.75) is 102 Å². The van der Waals surface area contributed by atoms with Gasteiger partial charge in [0.2, 0.25) is 0 Å². The zero-order chi connectivity index (χ0) is 16.1. The summed E-state index contributed by atoms with van der Waals surface area (Å²) in [6.45, 7) is 3.84. The second-order valence-electron chi connectivity index (χ2n) is 5.98. The Bertz CT molecular complexity index is 333. The third-order valence-corrected chi connectivity index (χ3v) is 5.44. The molecule has 0 spiro atoms. The van der Waals surface area contributed by atoms with E-state index in [1.165, 1.54) is 44.9 Å². The first-order chi connectivity index (χ1) is 9.93. The molecule has 22 heavy (non-hydrogen) atoms. The molecule has 0 aromatic rings. The topological polar surface area (TPSA) is 77.4 Å². The summed E-state index contributed by atoms with van der Waals surface area (Å²) in [5.74, 6) is 0. The summed E-state index contributed by atoms with van der Waals surface area (Å²) in [5, 5.41) is 8.65. The fourth-order valence-corrected chi connectivity index (χ4v) is 3.62. The van der Waals surface area contributed by atoms with E-state index in [1.807, 2.05) is 0 Å². The Morgan fingerprint density at radius 3 is 1.64 bits per heavy atom. The van der Waals surface area contributed by atoms with Crippen LogP contribution in [-0.2, 0) is 10.1 Å². The van der Waals surface area contributed by atoms with Gasteiger partial charge in [-0.2, -0.15) is 0 Å². The van der Waals surface area contributed by atoms with Crippen molar-refractivity contribution >= 4 is 10.1 Å². The summed E-state index contributed by atoms with van der Waals surface area (Å²) >= 11 is 0. The van der Waals surface area contributed by atoms with Crippen molar-refractivity contribution in [2.75, 3.05) is 0 Å². The van der Waals surface area contributed by atoms with Crippen LogP contribution in [0.15, 0.2) is 0 Å². The average molecular weight is 361 g/mol. The first kappa shape index (κ1) is 25.7. The van der Waals surface area contributed by atoms with Crippen molar-refractivity contribution in [3.63, 3.8) is 0 Å². The molecule has 0 amide bonds. The van der Waals surface area contributed by atoms with Crippen LogP contribution in [0.3, 0.4) is 0 Å². The maximum absolute atomic E-state index is 11.0. The summed E-state index contributed by atoms with van der Waals surface area (Å²) in [6.07, 6.45) is 11.6. The Labute approximate surface area is 180 Å². The van der Waals surface area contributed by atoms with Gasteiger partial charge in [-0.1, -0.05) is 78.1 Å². The fourth-order valence-electron chi connectivity index (χ4n) is 2.70. The van der Waals surface area contributed by atoms with Gasteiger partial charge >= 0.3 is 51.4 Å². The van der Waals surface area contributed by atoms with E-state index < -0.39 is 21.5 Å². The SMILES string of the molecule is CCCCCCCCCCCCC(O)C(CC)S(=O)(=O)[O-].[K+]. The maximum atomic E-state index is 11.0. The van der Waals surface area contributed by atoms with Gasteiger partial charge in [-0.15, -0.1) is 0 Å². The molecule has 0 aliphatic carbocycles. The van der Waals surface area contributed by atoms with E-state index in [2.05, 4.69) is 6.92 Å². The van der Waals surface area contributed by atoms with E-state index in [-0.39, 0.29) is 57.8 Å². The van der Waals surface area contributed by atoms with Crippen molar-refractivity contribution in [1.82, 2.24) is 0 Å². The van der Waals surface area contributed by atoms with Crippen LogP contribution < -0.4 is 51.4 Å². The zero-order valence-electron chi connectivity index (χ0n) is 14.7. The van der Waals surface area contributed by atoms with Crippen LogP contribution in [0.25, 0.3) is 0 Å². The maximum Gasteiger partial charge on any atom is 1.00 e. The molecule has 2 unspecified atom stereocenters. The molecule has 4 nitrogen and oxygen atoms in total. The molecule has 0 aromatic carbocycles. The molecule has 6 heteroatoms. The van der Waals surface area contributed by atoms with Crippen LogP contribution in [-0.4, -0.2) is 29.4 Å². The molecule has 0 aliphatic heterocycles. The Kier molecular flexibility index (Phi) is 18.7. The van der Waals surface area contributed by atoms with Crippen LogP contribution in [0.4, 0.5) is 0 Å². The van der Waals surface area contributed by atoms with E-state index in [4.69, 9.17) is 0 Å². The summed E-state index contributed by atoms with van der Waals surface area (Å²) in [6, 6.07) is 0. The standard InChI is InChI=1S/C16H34O4S.K/c1-3-5-6-7-8-9-10-11-12-13-14-15(17)16(4-2)21(18,19)20;/h15-17H,3-14H2,1-2H3,(H,18,19,20);/q;+1/p-1. The van der Waals surface area contributed by atoms with E-state index >= 15 is 0 Å². The minimum absolute atomic E-state index is 0. The molecule has 0 bridgehead atoms. The average Bonchev–Trinajstić information content (AvgIpc) is 2.40. The molecule has 0 heterocycles. The van der Waals surface area contributed by atoms with Gasteiger partial charge in [0.15, 0.2) is 0 Å². The van der Waals surface area contributed by atoms with Crippen LogP contribution >= 0.6 is 0 Å². The monoisotopic (exact) mass is 360 g/mol. The summed E-state index contributed by atoms with van der Waals surface area (Å²) in [7, 11) is -4.38. The zero-order valence-corrected chi connectivity index (χ0v) is 18.7. The van der Waals surface area contributed by atoms with Gasteiger partial charge in [0.1, 0.15) is 10.1 Å². The van der Waals surface area contributed by atoms with Gasteiger partial charge in [0.25, 0.3) is 0 Å². The third kappa shape index (κ3) is 13.9. The van der Waals surface area contributed by atoms with E-state index in [1.54, 1.807) is 6.92 Å². The first-order valence-corrected chi connectivity index (χ1v) is 10.0. The number of hydrogen-bond donors (Lipinski definition) is 1. The van der Waals surface area contributed by atoms with Crippen molar-refractivity contribution < 1.29 is 69.5 Å². The number of hydrogen-bond acceptors (Lipinski definition) is 4. The van der Waals surface area contributed by atoms with Gasteiger partial charge in [-0.05, 0) is 12.8 Å². The Morgan fingerprint density at radius 1 is 0.864 bits per heavy atom. The van der Waals surface area contributed by atoms with Crippen LogP contribution in [0, 0.1) is 0 Å². The van der Waals surface area contributed by atoms with Crippen LogP contribution in [0.2, 0.25) is 0 Å². The second-order valence-corrected chi connectivity index (χ2v) is 7.57. The van der Waals surface area contributed by atoms with Gasteiger partial charge in [0, 0.05) is 0 Å². The minimum Gasteiger partial charge on any atom is -0.748 e. The summed E-state index contributed by atoms with van der Waals surface area (Å²) in [4.78, 5) is 0. The van der Waals surface area contributed by atoms with Crippen molar-refractivity contribution in [2.24, 2.45) is 0 Å². The molecule has 128 valence electrons. The van der Waals surface area contributed by atoms with Crippen LogP contribution in [0.1, 0.15) is 90.9 Å². The molecule has 0 aliphatic rings. The molecular formula is C16H33KO4S. The van der Waals surface area contributed by atoms with Crippen LogP contribution in [0.5, 0.6) is 0 Å². The summed E-state index contributed by atoms with van der Waals surface area (Å²) < 4.78 is 32.9. The van der Waals surface area contributed by atoms with E-state index in [0.29, 0.717) is 6.42 Å². The minimum atomic E-state index is -4.38. The molecule has 0 saturated heterocycles. The Balaban J connectivity index is 0. The van der Waals surface area contributed by atoms with Gasteiger partial charge in [0.05, 0.1) is 11.4 Å². The number of aliphatic hydroxyl groups excluding tert-OH is 1. The van der Waals surface area contributed by atoms with Gasteiger partial charge in [-0.25, -0.2) is 8.42 Å². The molecule has 0 rings (SSSR count). The summed E-state index contributed by atoms with van der Waals surface area (Å²) in [5.41, 5.74) is 0. The third-order valence-electron chi connectivity index (χ3n) is 4.06. The largest absolute Gasteiger partial charge is 1.00 e. The molecule has 0 saturated carbocycles. The first-order valence-electron chi connectivity index (χ1n) is 8.56. The normalized spacial score (nSPS) is 14.4. The second kappa shape index (κ2) is 16.0. The van der Waals surface area contributed by atoms with Gasteiger partial charge in [-0.3, -0.25) is 0 Å². The van der Waals surface area contributed by atoms with Gasteiger partial charge < -0.3 is 9.66 Å². The predicted octanol–water partition coefficient (Wildman–Crippen LogP) is 0.986. The fraction of sp³-hybridized carbons (Fsp3) is 1.00. The predicted molar refractivity (Wildman–Crippen MR) is 86.2 cm³/mol.